The lowest BCUT2D eigenvalue weighted by Crippen LogP contribution is -2.52. The molecule has 3 N–H and O–H groups in total. The monoisotopic (exact) mass is 319 g/mol. The Balaban J connectivity index is 2.62. The molecular weight excluding hydrogens is 294 g/mol. The number of nitrogens with zero attached hydrogens (tertiary/aromatic N) is 1. The maximum Gasteiger partial charge on any atom is 0.259 e. The first-order chi connectivity index (χ1) is 10.9. The highest BCUT2D eigenvalue weighted by Crippen LogP contribution is 2.03. The molecule has 0 saturated heterocycles. The van der Waals surface area contributed by atoms with Gasteiger partial charge in [-0.1, -0.05) is 37.3 Å². The summed E-state index contributed by atoms with van der Waals surface area (Å²) in [4.78, 5) is 35.4. The Morgan fingerprint density at radius 3 is 2.43 bits per heavy atom. The quantitative estimate of drug-likeness (QED) is 0.406. The van der Waals surface area contributed by atoms with Crippen LogP contribution in [0, 0.1) is 0 Å². The van der Waals surface area contributed by atoms with E-state index in [0.717, 1.165) is 10.6 Å². The van der Waals surface area contributed by atoms with E-state index in [0.29, 0.717) is 25.8 Å². The van der Waals surface area contributed by atoms with E-state index >= 15 is 0 Å². The number of ketones is 1. The van der Waals surface area contributed by atoms with Crippen LogP contribution in [0.3, 0.4) is 0 Å². The summed E-state index contributed by atoms with van der Waals surface area (Å²) < 4.78 is 0. The van der Waals surface area contributed by atoms with Crippen LogP contribution in [0.15, 0.2) is 30.3 Å². The molecule has 126 valence electrons. The molecule has 23 heavy (non-hydrogen) atoms. The molecule has 1 rings (SSSR count). The average molecular weight is 319 g/mol. The molecule has 6 heteroatoms. The van der Waals surface area contributed by atoms with E-state index in [2.05, 4.69) is 5.32 Å². The predicted molar refractivity (Wildman–Crippen MR) is 88.2 cm³/mol. The second-order valence-electron chi connectivity index (χ2n) is 5.54. The number of hydrazine groups is 1. The fraction of sp³-hybridized carbons (Fsp3) is 0.471. The van der Waals surface area contributed by atoms with Crippen LogP contribution >= 0.6 is 0 Å². The first-order valence-electron chi connectivity index (χ1n) is 7.82. The zero-order valence-corrected chi connectivity index (χ0v) is 13.7. The third-order valence-electron chi connectivity index (χ3n) is 3.37. The van der Waals surface area contributed by atoms with Gasteiger partial charge in [-0.2, -0.15) is 0 Å². The van der Waals surface area contributed by atoms with Crippen LogP contribution in [0.2, 0.25) is 0 Å². The van der Waals surface area contributed by atoms with Crippen molar-refractivity contribution < 1.29 is 14.4 Å². The van der Waals surface area contributed by atoms with Crippen molar-refractivity contribution in [2.24, 2.45) is 5.84 Å². The Labute approximate surface area is 137 Å². The molecule has 6 nitrogen and oxygen atoms in total. The maximum absolute atomic E-state index is 12.4. The molecule has 1 aromatic rings. The summed E-state index contributed by atoms with van der Waals surface area (Å²) in [6.45, 7) is 3.58. The van der Waals surface area contributed by atoms with Gasteiger partial charge in [0.1, 0.15) is 11.8 Å². The molecule has 0 aliphatic heterocycles. The van der Waals surface area contributed by atoms with Crippen molar-refractivity contribution in [2.75, 3.05) is 6.54 Å². The molecule has 1 atom stereocenters. The number of nitrogens with one attached hydrogen (secondary N) is 1. The van der Waals surface area contributed by atoms with Gasteiger partial charge >= 0.3 is 0 Å². The second kappa shape index (κ2) is 9.74. The van der Waals surface area contributed by atoms with Gasteiger partial charge < -0.3 is 5.32 Å². The van der Waals surface area contributed by atoms with Crippen molar-refractivity contribution in [3.05, 3.63) is 35.9 Å². The minimum absolute atomic E-state index is 0.0483. The molecule has 0 aromatic heterocycles. The molecule has 0 unspecified atom stereocenters. The summed E-state index contributed by atoms with van der Waals surface area (Å²) in [6.07, 6.45) is 1.55. The number of nitrogens with two attached hydrogens (primary N) is 1. The first-order valence-corrected chi connectivity index (χ1v) is 7.82. The SMILES string of the molecule is CCCC(=O)N[C@@H](CC(C)=O)C(=O)N(N)CCc1ccccc1. The van der Waals surface area contributed by atoms with Gasteiger partial charge in [0.15, 0.2) is 0 Å². The zero-order valence-electron chi connectivity index (χ0n) is 13.7. The Kier molecular flexibility index (Phi) is 7.97. The lowest BCUT2D eigenvalue weighted by molar-refractivity contribution is -0.138. The van der Waals surface area contributed by atoms with E-state index in [4.69, 9.17) is 5.84 Å². The molecule has 0 heterocycles. The Bertz CT molecular complexity index is 531. The number of Topliss-reactive ketones (excluding diaryl/α,β-unsaturated/α-hetero) is 1. The van der Waals surface area contributed by atoms with Gasteiger partial charge in [-0.25, -0.2) is 5.84 Å². The lowest BCUT2D eigenvalue weighted by atomic mass is 10.1. The molecule has 1 aromatic carbocycles. The van der Waals surface area contributed by atoms with E-state index in [9.17, 15) is 14.4 Å². The number of amides is 2. The summed E-state index contributed by atoms with van der Waals surface area (Å²) in [6, 6.07) is 8.76. The van der Waals surface area contributed by atoms with E-state index in [1.54, 1.807) is 0 Å². The summed E-state index contributed by atoms with van der Waals surface area (Å²) in [5.41, 5.74) is 1.06. The van der Waals surface area contributed by atoms with Gasteiger partial charge in [0, 0.05) is 19.4 Å². The highest BCUT2D eigenvalue weighted by molar-refractivity contribution is 5.91. The van der Waals surface area contributed by atoms with Crippen molar-refractivity contribution in [3.8, 4) is 0 Å². The standard InChI is InChI=1S/C17H25N3O3/c1-3-7-16(22)19-15(12-13(2)21)17(23)20(18)11-10-14-8-5-4-6-9-14/h4-6,8-9,15H,3,7,10-12,18H2,1-2H3,(H,19,22)/t15-/m0/s1. The predicted octanol–water partition coefficient (Wildman–Crippen LogP) is 1.20. The fourth-order valence-electron chi connectivity index (χ4n) is 2.19. The summed E-state index contributed by atoms with van der Waals surface area (Å²) >= 11 is 0. The van der Waals surface area contributed by atoms with Crippen LogP contribution in [-0.2, 0) is 20.8 Å². The molecule has 0 aliphatic rings. The largest absolute Gasteiger partial charge is 0.344 e. The lowest BCUT2D eigenvalue weighted by Gasteiger charge is -2.23. The number of carbonyl (C=O) groups is 3. The van der Waals surface area contributed by atoms with Crippen LogP contribution in [0.1, 0.15) is 38.7 Å². The molecule has 0 radical (unpaired) electrons. The highest BCUT2D eigenvalue weighted by Gasteiger charge is 2.25. The van der Waals surface area contributed by atoms with Gasteiger partial charge in [-0.15, -0.1) is 0 Å². The second-order valence-corrected chi connectivity index (χ2v) is 5.54. The normalized spacial score (nSPS) is 11.6. The van der Waals surface area contributed by atoms with Gasteiger partial charge in [0.25, 0.3) is 5.91 Å². The summed E-state index contributed by atoms with van der Waals surface area (Å²) in [5.74, 6) is 4.95. The van der Waals surface area contributed by atoms with Crippen molar-refractivity contribution in [1.29, 1.82) is 0 Å². The smallest absolute Gasteiger partial charge is 0.259 e. The third kappa shape index (κ3) is 7.06. The van der Waals surface area contributed by atoms with Gasteiger partial charge in [0.05, 0.1) is 0 Å². The van der Waals surface area contributed by atoms with E-state index in [1.807, 2.05) is 37.3 Å². The molecule has 0 spiro atoms. The van der Waals surface area contributed by atoms with Crippen LogP contribution in [0.5, 0.6) is 0 Å². The molecular formula is C17H25N3O3. The Morgan fingerprint density at radius 2 is 1.87 bits per heavy atom. The average Bonchev–Trinajstić information content (AvgIpc) is 2.52. The Hall–Kier alpha value is -2.21. The van der Waals surface area contributed by atoms with Gasteiger partial charge in [0.2, 0.25) is 5.91 Å². The number of hydrogen-bond acceptors (Lipinski definition) is 4. The van der Waals surface area contributed by atoms with Crippen molar-refractivity contribution in [1.82, 2.24) is 10.3 Å². The number of hydrogen-bond donors (Lipinski definition) is 2. The number of carbonyl (C=O) groups excluding carboxylic acids is 3. The van der Waals surface area contributed by atoms with E-state index < -0.39 is 11.9 Å². The van der Waals surface area contributed by atoms with Crippen LogP contribution < -0.4 is 11.2 Å². The van der Waals surface area contributed by atoms with Crippen LogP contribution in [-0.4, -0.2) is 35.2 Å². The van der Waals surface area contributed by atoms with Crippen molar-refractivity contribution in [3.63, 3.8) is 0 Å². The highest BCUT2D eigenvalue weighted by atomic mass is 16.2. The van der Waals surface area contributed by atoms with Crippen LogP contribution in [0.4, 0.5) is 0 Å². The number of rotatable bonds is 9. The van der Waals surface area contributed by atoms with Crippen LogP contribution in [0.25, 0.3) is 0 Å². The van der Waals surface area contributed by atoms with E-state index in [-0.39, 0.29) is 18.1 Å². The Morgan fingerprint density at radius 1 is 1.22 bits per heavy atom. The molecule has 0 aliphatic carbocycles. The topological polar surface area (TPSA) is 92.5 Å². The fourth-order valence-corrected chi connectivity index (χ4v) is 2.19. The van der Waals surface area contributed by atoms with Crippen molar-refractivity contribution >= 4 is 17.6 Å². The molecule has 2 amide bonds. The molecule has 0 saturated carbocycles. The number of benzene rings is 1. The summed E-state index contributed by atoms with van der Waals surface area (Å²) in [7, 11) is 0. The summed E-state index contributed by atoms with van der Waals surface area (Å²) in [5, 5.41) is 3.67. The molecule has 0 fully saturated rings. The molecule has 0 bridgehead atoms. The third-order valence-corrected chi connectivity index (χ3v) is 3.37. The van der Waals surface area contributed by atoms with Crippen molar-refractivity contribution in [2.45, 2.75) is 45.6 Å². The zero-order chi connectivity index (χ0) is 17.2. The maximum atomic E-state index is 12.4. The minimum Gasteiger partial charge on any atom is -0.344 e. The van der Waals surface area contributed by atoms with Gasteiger partial charge in [-0.3, -0.25) is 19.4 Å². The first kappa shape index (κ1) is 18.8. The minimum atomic E-state index is -0.896. The van der Waals surface area contributed by atoms with E-state index in [1.165, 1.54) is 6.92 Å². The van der Waals surface area contributed by atoms with Gasteiger partial charge in [-0.05, 0) is 25.3 Å².